The first-order valence-corrected chi connectivity index (χ1v) is 8.23. The summed E-state index contributed by atoms with van der Waals surface area (Å²) in [6, 6.07) is 7.39. The highest BCUT2D eigenvalue weighted by molar-refractivity contribution is 5.99. The highest BCUT2D eigenvalue weighted by Crippen LogP contribution is 2.28. The third-order valence-electron chi connectivity index (χ3n) is 4.08. The standard InChI is InChI=1S/C18H21NO6/c1-11(2)24-10-13-12-5-3-4-6-14(12)25-16(13)17(20)19-7-8-23-15(9-19)18(21)22/h3-6,11,15H,7-10H2,1-2H3,(H,21,22)/t15-/m0/s1. The number of ether oxygens (including phenoxy) is 2. The summed E-state index contributed by atoms with van der Waals surface area (Å²) in [7, 11) is 0. The summed E-state index contributed by atoms with van der Waals surface area (Å²) in [5.41, 5.74) is 1.30. The molecule has 7 heteroatoms. The second-order valence-electron chi connectivity index (χ2n) is 6.21. The topological polar surface area (TPSA) is 89.2 Å². The number of nitrogens with zero attached hydrogens (tertiary/aromatic N) is 1. The van der Waals surface area contributed by atoms with E-state index in [1.54, 1.807) is 6.07 Å². The van der Waals surface area contributed by atoms with Crippen LogP contribution in [0.25, 0.3) is 11.0 Å². The van der Waals surface area contributed by atoms with Gasteiger partial charge in [-0.15, -0.1) is 0 Å². The molecule has 1 aliphatic heterocycles. The Bertz CT molecular complexity index is 781. The maximum Gasteiger partial charge on any atom is 0.334 e. The summed E-state index contributed by atoms with van der Waals surface area (Å²) in [4.78, 5) is 25.5. The molecule has 0 spiro atoms. The van der Waals surface area contributed by atoms with Crippen LogP contribution in [0, 0.1) is 0 Å². The lowest BCUT2D eigenvalue weighted by atomic mass is 10.1. The summed E-state index contributed by atoms with van der Waals surface area (Å²) < 4.78 is 16.6. The molecule has 2 heterocycles. The number of benzene rings is 1. The molecule has 1 fully saturated rings. The summed E-state index contributed by atoms with van der Waals surface area (Å²) >= 11 is 0. The fraction of sp³-hybridized carbons (Fsp3) is 0.444. The molecular formula is C18H21NO6. The van der Waals surface area contributed by atoms with Crippen LogP contribution in [-0.4, -0.2) is 53.8 Å². The number of morpholine rings is 1. The van der Waals surface area contributed by atoms with Crippen molar-refractivity contribution in [2.45, 2.75) is 32.7 Å². The lowest BCUT2D eigenvalue weighted by molar-refractivity contribution is -0.154. The number of fused-ring (bicyclic) bond motifs is 1. The molecule has 1 amide bonds. The fourth-order valence-corrected chi connectivity index (χ4v) is 2.79. The quantitative estimate of drug-likeness (QED) is 0.892. The minimum absolute atomic E-state index is 0.00428. The van der Waals surface area contributed by atoms with E-state index in [0.717, 1.165) is 5.39 Å². The van der Waals surface area contributed by atoms with Crippen molar-refractivity contribution < 1.29 is 28.6 Å². The Morgan fingerprint density at radius 2 is 2.12 bits per heavy atom. The fourth-order valence-electron chi connectivity index (χ4n) is 2.79. The maximum atomic E-state index is 12.9. The third kappa shape index (κ3) is 3.67. The zero-order valence-corrected chi connectivity index (χ0v) is 14.2. The summed E-state index contributed by atoms with van der Waals surface area (Å²) in [6.07, 6.45) is -1.01. The number of carboxylic acids is 1. The van der Waals surface area contributed by atoms with E-state index in [1.165, 1.54) is 4.90 Å². The van der Waals surface area contributed by atoms with Gasteiger partial charge < -0.3 is 23.9 Å². The highest BCUT2D eigenvalue weighted by atomic mass is 16.5. The molecule has 7 nitrogen and oxygen atoms in total. The first-order valence-electron chi connectivity index (χ1n) is 8.23. The lowest BCUT2D eigenvalue weighted by Gasteiger charge is -2.30. The predicted molar refractivity (Wildman–Crippen MR) is 89.4 cm³/mol. The van der Waals surface area contributed by atoms with Crippen LogP contribution in [0.3, 0.4) is 0 Å². The molecule has 25 heavy (non-hydrogen) atoms. The molecule has 1 aromatic heterocycles. The Kier molecular flexibility index (Phi) is 5.06. The van der Waals surface area contributed by atoms with Gasteiger partial charge in [-0.2, -0.15) is 0 Å². The molecule has 0 saturated carbocycles. The lowest BCUT2D eigenvalue weighted by Crippen LogP contribution is -2.48. The third-order valence-corrected chi connectivity index (χ3v) is 4.08. The largest absolute Gasteiger partial charge is 0.479 e. The van der Waals surface area contributed by atoms with Gasteiger partial charge in [0, 0.05) is 17.5 Å². The number of rotatable bonds is 5. The van der Waals surface area contributed by atoms with E-state index in [1.807, 2.05) is 32.0 Å². The highest BCUT2D eigenvalue weighted by Gasteiger charge is 2.32. The summed E-state index contributed by atoms with van der Waals surface area (Å²) in [6.45, 7) is 4.59. The SMILES string of the molecule is CC(C)OCc1c(C(=O)N2CCO[C@H](C(=O)O)C2)oc2ccccc12. The van der Waals surface area contributed by atoms with Crippen LogP contribution in [-0.2, 0) is 20.9 Å². The zero-order valence-electron chi connectivity index (χ0n) is 14.2. The van der Waals surface area contributed by atoms with E-state index in [0.29, 0.717) is 17.7 Å². The van der Waals surface area contributed by atoms with Crippen LogP contribution < -0.4 is 0 Å². The Morgan fingerprint density at radius 1 is 1.36 bits per heavy atom. The Morgan fingerprint density at radius 3 is 2.84 bits per heavy atom. The number of carboxylic acid groups (broad SMARTS) is 1. The number of hydrogen-bond acceptors (Lipinski definition) is 5. The molecule has 2 aromatic rings. The second kappa shape index (κ2) is 7.25. The average Bonchev–Trinajstić information content (AvgIpc) is 2.98. The Balaban J connectivity index is 1.92. The van der Waals surface area contributed by atoms with Gasteiger partial charge in [-0.1, -0.05) is 18.2 Å². The van der Waals surface area contributed by atoms with E-state index < -0.39 is 12.1 Å². The van der Waals surface area contributed by atoms with Crippen molar-refractivity contribution in [2.75, 3.05) is 19.7 Å². The van der Waals surface area contributed by atoms with E-state index in [4.69, 9.17) is 19.0 Å². The van der Waals surface area contributed by atoms with Crippen molar-refractivity contribution in [1.82, 2.24) is 4.90 Å². The minimum Gasteiger partial charge on any atom is -0.479 e. The number of para-hydroxylation sites is 1. The molecule has 0 bridgehead atoms. The van der Waals surface area contributed by atoms with Crippen molar-refractivity contribution in [1.29, 1.82) is 0 Å². The second-order valence-corrected chi connectivity index (χ2v) is 6.21. The molecule has 3 rings (SSSR count). The van der Waals surface area contributed by atoms with E-state index >= 15 is 0 Å². The van der Waals surface area contributed by atoms with Gasteiger partial charge in [0.1, 0.15) is 5.58 Å². The normalized spacial score (nSPS) is 18.0. The molecule has 1 atom stereocenters. The number of hydrogen-bond donors (Lipinski definition) is 1. The number of carbonyl (C=O) groups excluding carboxylic acids is 1. The van der Waals surface area contributed by atoms with Crippen molar-refractivity contribution in [3.63, 3.8) is 0 Å². The Hall–Kier alpha value is -2.38. The molecule has 1 aliphatic rings. The smallest absolute Gasteiger partial charge is 0.334 e. The van der Waals surface area contributed by atoms with Gasteiger partial charge in [-0.05, 0) is 19.9 Å². The number of aliphatic carboxylic acids is 1. The van der Waals surface area contributed by atoms with Gasteiger partial charge in [0.15, 0.2) is 11.9 Å². The molecule has 134 valence electrons. The first kappa shape index (κ1) is 17.4. The zero-order chi connectivity index (χ0) is 18.0. The summed E-state index contributed by atoms with van der Waals surface area (Å²) in [5, 5.41) is 9.94. The van der Waals surface area contributed by atoms with E-state index in [-0.39, 0.29) is 37.5 Å². The van der Waals surface area contributed by atoms with Crippen molar-refractivity contribution >= 4 is 22.8 Å². The molecule has 0 unspecified atom stereocenters. The van der Waals surface area contributed by atoms with E-state index in [2.05, 4.69) is 0 Å². The number of amides is 1. The minimum atomic E-state index is -1.08. The van der Waals surface area contributed by atoms with Crippen LogP contribution in [0.1, 0.15) is 30.0 Å². The Labute approximate surface area is 145 Å². The van der Waals surface area contributed by atoms with Crippen LogP contribution in [0.15, 0.2) is 28.7 Å². The van der Waals surface area contributed by atoms with Crippen LogP contribution >= 0.6 is 0 Å². The van der Waals surface area contributed by atoms with Gasteiger partial charge >= 0.3 is 5.97 Å². The van der Waals surface area contributed by atoms with Gasteiger partial charge in [0.2, 0.25) is 0 Å². The average molecular weight is 347 g/mol. The van der Waals surface area contributed by atoms with Crippen molar-refractivity contribution in [2.24, 2.45) is 0 Å². The van der Waals surface area contributed by atoms with Crippen LogP contribution in [0.4, 0.5) is 0 Å². The van der Waals surface area contributed by atoms with Crippen LogP contribution in [0.2, 0.25) is 0 Å². The van der Waals surface area contributed by atoms with Gasteiger partial charge in [-0.3, -0.25) is 4.79 Å². The van der Waals surface area contributed by atoms with Crippen molar-refractivity contribution in [3.8, 4) is 0 Å². The van der Waals surface area contributed by atoms with Crippen molar-refractivity contribution in [3.05, 3.63) is 35.6 Å². The molecule has 0 aliphatic carbocycles. The van der Waals surface area contributed by atoms with Gasteiger partial charge in [0.05, 0.1) is 25.9 Å². The predicted octanol–water partition coefficient (Wildman–Crippen LogP) is 2.28. The first-order chi connectivity index (χ1) is 12.0. The number of carbonyl (C=O) groups is 2. The monoisotopic (exact) mass is 347 g/mol. The van der Waals surface area contributed by atoms with Gasteiger partial charge in [0.25, 0.3) is 5.91 Å². The number of furan rings is 1. The molecular weight excluding hydrogens is 326 g/mol. The molecule has 0 radical (unpaired) electrons. The van der Waals surface area contributed by atoms with E-state index in [9.17, 15) is 9.59 Å². The molecule has 1 N–H and O–H groups in total. The maximum absolute atomic E-state index is 12.9. The van der Waals surface area contributed by atoms with Crippen LogP contribution in [0.5, 0.6) is 0 Å². The summed E-state index contributed by atoms with van der Waals surface area (Å²) in [5.74, 6) is -1.22. The molecule has 1 aromatic carbocycles. The van der Waals surface area contributed by atoms with Gasteiger partial charge in [-0.25, -0.2) is 4.79 Å². The molecule has 1 saturated heterocycles.